The fraction of sp³-hybridized carbons (Fsp3) is 0.125. The van der Waals surface area contributed by atoms with E-state index in [1.807, 2.05) is 61.1 Å². The van der Waals surface area contributed by atoms with Crippen LogP contribution in [0.15, 0.2) is 61.1 Å². The summed E-state index contributed by atoms with van der Waals surface area (Å²) in [5.41, 5.74) is 8.72. The molecule has 100 valence electrons. The molecule has 2 aromatic heterocycles. The SMILES string of the molecule is Nc1ccc(Cn2ccnc2Cc2ccccn2)cc1. The third-order valence-corrected chi connectivity index (χ3v) is 3.20. The van der Waals surface area contributed by atoms with Crippen LogP contribution in [-0.4, -0.2) is 14.5 Å². The molecule has 1 aromatic carbocycles. The number of pyridine rings is 1. The van der Waals surface area contributed by atoms with Crippen molar-refractivity contribution in [2.45, 2.75) is 13.0 Å². The quantitative estimate of drug-likeness (QED) is 0.737. The molecule has 0 amide bonds. The van der Waals surface area contributed by atoms with Crippen molar-refractivity contribution in [3.05, 3.63) is 78.1 Å². The third-order valence-electron chi connectivity index (χ3n) is 3.20. The lowest BCUT2D eigenvalue weighted by Gasteiger charge is -2.08. The number of anilines is 1. The van der Waals surface area contributed by atoms with Crippen LogP contribution in [0.4, 0.5) is 5.69 Å². The minimum Gasteiger partial charge on any atom is -0.399 e. The molecule has 2 heterocycles. The molecular formula is C16H16N4. The number of nitrogen functional groups attached to an aromatic ring is 1. The van der Waals surface area contributed by atoms with Crippen LogP contribution in [0.3, 0.4) is 0 Å². The lowest BCUT2D eigenvalue weighted by molar-refractivity contribution is 0.736. The lowest BCUT2D eigenvalue weighted by atomic mass is 10.2. The standard InChI is InChI=1S/C16H16N4/c17-14-6-4-13(5-7-14)12-20-10-9-19-16(20)11-15-3-1-2-8-18-15/h1-10H,11-12,17H2. The van der Waals surface area contributed by atoms with E-state index < -0.39 is 0 Å². The predicted octanol–water partition coefficient (Wildman–Crippen LogP) is 2.50. The second kappa shape index (κ2) is 5.57. The van der Waals surface area contributed by atoms with Gasteiger partial charge in [-0.25, -0.2) is 4.98 Å². The second-order valence-corrected chi connectivity index (χ2v) is 4.71. The van der Waals surface area contributed by atoms with Crippen molar-refractivity contribution < 1.29 is 0 Å². The number of benzene rings is 1. The molecule has 20 heavy (non-hydrogen) atoms. The van der Waals surface area contributed by atoms with Crippen LogP contribution in [0.5, 0.6) is 0 Å². The fourth-order valence-electron chi connectivity index (χ4n) is 2.14. The van der Waals surface area contributed by atoms with Gasteiger partial charge in [0.25, 0.3) is 0 Å². The monoisotopic (exact) mass is 264 g/mol. The number of nitrogens with zero attached hydrogens (tertiary/aromatic N) is 3. The van der Waals surface area contributed by atoms with E-state index in [4.69, 9.17) is 5.73 Å². The number of hydrogen-bond donors (Lipinski definition) is 1. The van der Waals surface area contributed by atoms with Gasteiger partial charge in [0.2, 0.25) is 0 Å². The fourth-order valence-corrected chi connectivity index (χ4v) is 2.14. The van der Waals surface area contributed by atoms with Gasteiger partial charge >= 0.3 is 0 Å². The first kappa shape index (κ1) is 12.4. The summed E-state index contributed by atoms with van der Waals surface area (Å²) in [6.45, 7) is 0.794. The minimum atomic E-state index is 0.739. The summed E-state index contributed by atoms with van der Waals surface area (Å²) in [5, 5.41) is 0. The van der Waals surface area contributed by atoms with Gasteiger partial charge in [0.1, 0.15) is 5.82 Å². The maximum atomic E-state index is 5.70. The Morgan fingerprint density at radius 3 is 2.55 bits per heavy atom. The van der Waals surface area contributed by atoms with E-state index in [2.05, 4.69) is 14.5 Å². The van der Waals surface area contributed by atoms with Crippen molar-refractivity contribution in [2.24, 2.45) is 0 Å². The summed E-state index contributed by atoms with van der Waals surface area (Å²) in [6, 6.07) is 13.9. The molecular weight excluding hydrogens is 248 g/mol. The van der Waals surface area contributed by atoms with Gasteiger partial charge in [0.05, 0.1) is 0 Å². The predicted molar refractivity (Wildman–Crippen MR) is 79.2 cm³/mol. The van der Waals surface area contributed by atoms with Crippen LogP contribution in [0.1, 0.15) is 17.1 Å². The van der Waals surface area contributed by atoms with Crippen LogP contribution in [0.2, 0.25) is 0 Å². The zero-order chi connectivity index (χ0) is 13.8. The largest absolute Gasteiger partial charge is 0.399 e. The van der Waals surface area contributed by atoms with Gasteiger partial charge < -0.3 is 10.3 Å². The molecule has 0 saturated heterocycles. The molecule has 0 aliphatic carbocycles. The van der Waals surface area contributed by atoms with Gasteiger partial charge in [-0.2, -0.15) is 0 Å². The Morgan fingerprint density at radius 2 is 1.80 bits per heavy atom. The van der Waals surface area contributed by atoms with Crippen molar-refractivity contribution in [3.8, 4) is 0 Å². The summed E-state index contributed by atoms with van der Waals surface area (Å²) in [5.74, 6) is 1.01. The average Bonchev–Trinajstić information content (AvgIpc) is 2.90. The van der Waals surface area contributed by atoms with Crippen molar-refractivity contribution in [3.63, 3.8) is 0 Å². The molecule has 0 atom stereocenters. The molecule has 4 heteroatoms. The average molecular weight is 264 g/mol. The van der Waals surface area contributed by atoms with E-state index >= 15 is 0 Å². The summed E-state index contributed by atoms with van der Waals surface area (Å²) in [4.78, 5) is 8.77. The Kier molecular flexibility index (Phi) is 3.46. The van der Waals surface area contributed by atoms with Gasteiger partial charge in [-0.15, -0.1) is 0 Å². The smallest absolute Gasteiger partial charge is 0.114 e. The second-order valence-electron chi connectivity index (χ2n) is 4.71. The Morgan fingerprint density at radius 1 is 0.950 bits per heavy atom. The Balaban J connectivity index is 1.78. The van der Waals surface area contributed by atoms with Crippen LogP contribution in [0, 0.1) is 0 Å². The number of rotatable bonds is 4. The Labute approximate surface area is 117 Å². The first-order valence-corrected chi connectivity index (χ1v) is 6.55. The molecule has 3 aromatic rings. The first-order valence-electron chi connectivity index (χ1n) is 6.55. The Bertz CT molecular complexity index is 671. The molecule has 0 bridgehead atoms. The van der Waals surface area contributed by atoms with E-state index in [1.165, 1.54) is 5.56 Å². The van der Waals surface area contributed by atoms with Crippen molar-refractivity contribution in [1.29, 1.82) is 0 Å². The first-order chi connectivity index (χ1) is 9.81. The molecule has 4 nitrogen and oxygen atoms in total. The van der Waals surface area contributed by atoms with E-state index in [9.17, 15) is 0 Å². The zero-order valence-corrected chi connectivity index (χ0v) is 11.1. The van der Waals surface area contributed by atoms with Gasteiger partial charge in [0.15, 0.2) is 0 Å². The molecule has 0 spiro atoms. The van der Waals surface area contributed by atoms with Crippen LogP contribution in [-0.2, 0) is 13.0 Å². The van der Waals surface area contributed by atoms with Crippen molar-refractivity contribution in [1.82, 2.24) is 14.5 Å². The highest BCUT2D eigenvalue weighted by Crippen LogP contribution is 2.11. The van der Waals surface area contributed by atoms with Gasteiger partial charge in [0, 0.05) is 42.9 Å². The molecule has 0 radical (unpaired) electrons. The van der Waals surface area contributed by atoms with Crippen LogP contribution < -0.4 is 5.73 Å². The summed E-state index contributed by atoms with van der Waals surface area (Å²) >= 11 is 0. The topological polar surface area (TPSA) is 56.7 Å². The van der Waals surface area contributed by atoms with Crippen LogP contribution >= 0.6 is 0 Å². The third kappa shape index (κ3) is 2.85. The van der Waals surface area contributed by atoms with Gasteiger partial charge in [-0.05, 0) is 29.8 Å². The number of imidazole rings is 1. The molecule has 0 saturated carbocycles. The van der Waals surface area contributed by atoms with E-state index in [0.717, 1.165) is 30.2 Å². The Hall–Kier alpha value is -2.62. The molecule has 3 rings (SSSR count). The van der Waals surface area contributed by atoms with E-state index in [1.54, 1.807) is 0 Å². The number of hydrogen-bond acceptors (Lipinski definition) is 3. The summed E-state index contributed by atoms with van der Waals surface area (Å²) in [6.07, 6.45) is 6.37. The summed E-state index contributed by atoms with van der Waals surface area (Å²) in [7, 11) is 0. The minimum absolute atomic E-state index is 0.739. The van der Waals surface area contributed by atoms with Gasteiger partial charge in [-0.1, -0.05) is 18.2 Å². The van der Waals surface area contributed by atoms with Crippen molar-refractivity contribution >= 4 is 5.69 Å². The van der Waals surface area contributed by atoms with E-state index in [0.29, 0.717) is 0 Å². The normalized spacial score (nSPS) is 10.6. The highest BCUT2D eigenvalue weighted by atomic mass is 15.1. The molecule has 0 aliphatic heterocycles. The lowest BCUT2D eigenvalue weighted by Crippen LogP contribution is -2.06. The maximum absolute atomic E-state index is 5.70. The molecule has 0 fully saturated rings. The molecule has 0 aliphatic rings. The van der Waals surface area contributed by atoms with Crippen molar-refractivity contribution in [2.75, 3.05) is 5.73 Å². The summed E-state index contributed by atoms with van der Waals surface area (Å²) < 4.78 is 2.14. The van der Waals surface area contributed by atoms with Crippen LogP contribution in [0.25, 0.3) is 0 Å². The number of nitrogens with two attached hydrogens (primary N) is 1. The highest BCUT2D eigenvalue weighted by Gasteiger charge is 2.05. The zero-order valence-electron chi connectivity index (χ0n) is 11.1. The maximum Gasteiger partial charge on any atom is 0.114 e. The molecule has 2 N–H and O–H groups in total. The number of aromatic nitrogens is 3. The highest BCUT2D eigenvalue weighted by molar-refractivity contribution is 5.39. The molecule has 0 unspecified atom stereocenters. The van der Waals surface area contributed by atoms with E-state index in [-0.39, 0.29) is 0 Å². The van der Waals surface area contributed by atoms with Gasteiger partial charge in [-0.3, -0.25) is 4.98 Å².